The third-order valence-corrected chi connectivity index (χ3v) is 7.44. The van der Waals surface area contributed by atoms with Gasteiger partial charge < -0.3 is 30.5 Å². The summed E-state index contributed by atoms with van der Waals surface area (Å²) in [5.41, 5.74) is 4.57. The van der Waals surface area contributed by atoms with Gasteiger partial charge in [-0.15, -0.1) is 0 Å². The van der Waals surface area contributed by atoms with E-state index in [0.717, 1.165) is 27.8 Å². The standard InChI is InChI=1S/C35H41N3O7/c1-35(2,3)45-34(43)38-30(21-23-13-5-4-6-14-23)31(39)37-29(32(40)41)19-11-12-20-36-33(42)44-22-28-26-17-9-7-15-24(26)25-16-8-10-18-27(25)28/h4-10,13-18,28-30H,11-12,19-22H2,1-3H3,(H,36,42)(H,37,39)(H,38,43)(H,40,41). The predicted molar refractivity (Wildman–Crippen MR) is 170 cm³/mol. The topological polar surface area (TPSA) is 143 Å². The van der Waals surface area contributed by atoms with Crippen molar-refractivity contribution in [2.24, 2.45) is 0 Å². The fourth-order valence-corrected chi connectivity index (χ4v) is 5.35. The largest absolute Gasteiger partial charge is 0.480 e. The van der Waals surface area contributed by atoms with Crippen LogP contribution in [0.15, 0.2) is 78.9 Å². The molecule has 45 heavy (non-hydrogen) atoms. The molecule has 0 saturated heterocycles. The number of ether oxygens (including phenoxy) is 2. The summed E-state index contributed by atoms with van der Waals surface area (Å²) in [7, 11) is 0. The third kappa shape index (κ3) is 9.56. The number of fused-ring (bicyclic) bond motifs is 3. The molecule has 10 nitrogen and oxygen atoms in total. The van der Waals surface area contributed by atoms with Gasteiger partial charge in [-0.1, -0.05) is 78.9 Å². The van der Waals surface area contributed by atoms with Gasteiger partial charge in [-0.3, -0.25) is 4.79 Å². The number of nitrogens with one attached hydrogen (secondary N) is 3. The smallest absolute Gasteiger partial charge is 0.408 e. The van der Waals surface area contributed by atoms with Crippen LogP contribution in [0.1, 0.15) is 62.6 Å². The molecular formula is C35H41N3O7. The molecule has 3 amide bonds. The Morgan fingerprint density at radius 3 is 1.98 bits per heavy atom. The number of carbonyl (C=O) groups is 4. The Morgan fingerprint density at radius 2 is 1.38 bits per heavy atom. The van der Waals surface area contributed by atoms with Crippen molar-refractivity contribution in [3.63, 3.8) is 0 Å². The number of hydrogen-bond acceptors (Lipinski definition) is 6. The van der Waals surface area contributed by atoms with E-state index in [1.165, 1.54) is 0 Å². The number of carboxylic acid groups (broad SMARTS) is 1. The molecule has 3 aromatic carbocycles. The summed E-state index contributed by atoms with van der Waals surface area (Å²) >= 11 is 0. The van der Waals surface area contributed by atoms with Crippen LogP contribution in [0.25, 0.3) is 11.1 Å². The maximum atomic E-state index is 13.2. The van der Waals surface area contributed by atoms with E-state index in [-0.39, 0.29) is 31.9 Å². The molecular weight excluding hydrogens is 574 g/mol. The van der Waals surface area contributed by atoms with E-state index in [2.05, 4.69) is 40.2 Å². The molecule has 1 aliphatic rings. The van der Waals surface area contributed by atoms with Crippen LogP contribution in [0, 0.1) is 0 Å². The molecule has 4 rings (SSSR count). The molecule has 2 unspecified atom stereocenters. The number of amides is 3. The molecule has 238 valence electrons. The minimum Gasteiger partial charge on any atom is -0.480 e. The summed E-state index contributed by atoms with van der Waals surface area (Å²) in [6, 6.07) is 23.1. The second kappa shape index (κ2) is 15.2. The number of aliphatic carboxylic acids is 1. The average molecular weight is 616 g/mol. The first kappa shape index (κ1) is 33.0. The lowest BCUT2D eigenvalue weighted by Gasteiger charge is -2.24. The number of alkyl carbamates (subject to hydrolysis) is 2. The molecule has 1 aliphatic carbocycles. The monoisotopic (exact) mass is 615 g/mol. The van der Waals surface area contributed by atoms with Crippen LogP contribution in [-0.2, 0) is 25.5 Å². The molecule has 0 heterocycles. The summed E-state index contributed by atoms with van der Waals surface area (Å²) in [5, 5.41) is 17.6. The number of rotatable bonds is 13. The Hall–Kier alpha value is -4.86. The second-order valence-corrected chi connectivity index (χ2v) is 12.0. The highest BCUT2D eigenvalue weighted by atomic mass is 16.6. The van der Waals surface area contributed by atoms with Crippen LogP contribution in [0.3, 0.4) is 0 Å². The van der Waals surface area contributed by atoms with E-state index < -0.39 is 41.7 Å². The normalized spacial score (nSPS) is 13.5. The molecule has 0 spiro atoms. The highest BCUT2D eigenvalue weighted by Gasteiger charge is 2.30. The van der Waals surface area contributed by atoms with Gasteiger partial charge in [-0.25, -0.2) is 14.4 Å². The lowest BCUT2D eigenvalue weighted by molar-refractivity contribution is -0.142. The van der Waals surface area contributed by atoms with E-state index in [4.69, 9.17) is 9.47 Å². The third-order valence-electron chi connectivity index (χ3n) is 7.44. The van der Waals surface area contributed by atoms with Crippen LogP contribution in [0.2, 0.25) is 0 Å². The summed E-state index contributed by atoms with van der Waals surface area (Å²) in [5.74, 6) is -1.86. The molecule has 4 N–H and O–H groups in total. The second-order valence-electron chi connectivity index (χ2n) is 12.0. The van der Waals surface area contributed by atoms with E-state index in [1.54, 1.807) is 20.8 Å². The van der Waals surface area contributed by atoms with Gasteiger partial charge in [0, 0.05) is 18.9 Å². The molecule has 0 aliphatic heterocycles. The summed E-state index contributed by atoms with van der Waals surface area (Å²) in [4.78, 5) is 50.0. The first-order valence-corrected chi connectivity index (χ1v) is 15.2. The summed E-state index contributed by atoms with van der Waals surface area (Å²) in [6.07, 6.45) is -0.126. The lowest BCUT2D eigenvalue weighted by Crippen LogP contribution is -2.53. The maximum absolute atomic E-state index is 13.2. The van der Waals surface area contributed by atoms with Crippen LogP contribution in [0.5, 0.6) is 0 Å². The van der Waals surface area contributed by atoms with Crippen molar-refractivity contribution >= 4 is 24.1 Å². The first-order chi connectivity index (χ1) is 21.5. The van der Waals surface area contributed by atoms with Crippen molar-refractivity contribution in [1.29, 1.82) is 0 Å². The van der Waals surface area contributed by atoms with E-state index >= 15 is 0 Å². The van der Waals surface area contributed by atoms with Gasteiger partial charge in [0.2, 0.25) is 5.91 Å². The minimum atomic E-state index is -1.19. The van der Waals surface area contributed by atoms with Gasteiger partial charge in [0.25, 0.3) is 0 Å². The average Bonchev–Trinajstić information content (AvgIpc) is 3.32. The predicted octanol–water partition coefficient (Wildman–Crippen LogP) is 5.40. The van der Waals surface area contributed by atoms with E-state index in [1.807, 2.05) is 54.6 Å². The molecule has 0 saturated carbocycles. The van der Waals surface area contributed by atoms with Gasteiger partial charge in [0.1, 0.15) is 24.3 Å². The highest BCUT2D eigenvalue weighted by Crippen LogP contribution is 2.44. The van der Waals surface area contributed by atoms with E-state index in [9.17, 15) is 24.3 Å². The van der Waals surface area contributed by atoms with Crippen molar-refractivity contribution in [2.75, 3.05) is 13.2 Å². The van der Waals surface area contributed by atoms with Gasteiger partial charge >= 0.3 is 18.2 Å². The summed E-state index contributed by atoms with van der Waals surface area (Å²) in [6.45, 7) is 5.62. The number of unbranched alkanes of at least 4 members (excludes halogenated alkanes) is 1. The van der Waals surface area contributed by atoms with Crippen molar-refractivity contribution in [1.82, 2.24) is 16.0 Å². The number of hydrogen-bond donors (Lipinski definition) is 4. The maximum Gasteiger partial charge on any atom is 0.408 e. The minimum absolute atomic E-state index is 0.0430. The highest BCUT2D eigenvalue weighted by molar-refractivity contribution is 5.89. The molecule has 3 aromatic rings. The number of carbonyl (C=O) groups excluding carboxylic acids is 3. The zero-order chi connectivity index (χ0) is 32.4. The molecule has 0 fully saturated rings. The molecule has 10 heteroatoms. The Bertz CT molecular complexity index is 1440. The van der Waals surface area contributed by atoms with Gasteiger partial charge in [-0.2, -0.15) is 0 Å². The Kier molecular flexibility index (Phi) is 11.2. The van der Waals surface area contributed by atoms with Gasteiger partial charge in [-0.05, 0) is 67.9 Å². The molecule has 0 radical (unpaired) electrons. The van der Waals surface area contributed by atoms with Gasteiger partial charge in [0.05, 0.1) is 0 Å². The molecule has 0 aromatic heterocycles. The Labute approximate surface area is 263 Å². The SMILES string of the molecule is CC(C)(C)OC(=O)NC(Cc1ccccc1)C(=O)NC(CCCCNC(=O)OCC1c2ccccc2-c2ccccc21)C(=O)O. The first-order valence-electron chi connectivity index (χ1n) is 15.2. The van der Waals surface area contributed by atoms with Crippen LogP contribution < -0.4 is 16.0 Å². The number of carboxylic acids is 1. The summed E-state index contributed by atoms with van der Waals surface area (Å²) < 4.78 is 10.9. The van der Waals surface area contributed by atoms with Crippen molar-refractivity contribution in [3.8, 4) is 11.1 Å². The quantitative estimate of drug-likeness (QED) is 0.189. The Morgan fingerprint density at radius 1 is 0.778 bits per heavy atom. The number of benzene rings is 3. The fourth-order valence-electron chi connectivity index (χ4n) is 5.35. The van der Waals surface area contributed by atoms with E-state index in [0.29, 0.717) is 12.8 Å². The van der Waals surface area contributed by atoms with Crippen molar-refractivity contribution in [3.05, 3.63) is 95.6 Å². The lowest BCUT2D eigenvalue weighted by atomic mass is 9.98. The Balaban J connectivity index is 1.23. The zero-order valence-electron chi connectivity index (χ0n) is 25.9. The zero-order valence-corrected chi connectivity index (χ0v) is 25.9. The molecule has 0 bridgehead atoms. The fraction of sp³-hybridized carbons (Fsp3) is 0.371. The molecule has 2 atom stereocenters. The van der Waals surface area contributed by atoms with Crippen molar-refractivity contribution in [2.45, 2.75) is 70.1 Å². The van der Waals surface area contributed by atoms with Crippen LogP contribution in [0.4, 0.5) is 9.59 Å². The van der Waals surface area contributed by atoms with Crippen LogP contribution >= 0.6 is 0 Å². The van der Waals surface area contributed by atoms with Crippen LogP contribution in [-0.4, -0.2) is 60.0 Å². The van der Waals surface area contributed by atoms with Gasteiger partial charge in [0.15, 0.2) is 0 Å². The van der Waals surface area contributed by atoms with Crippen molar-refractivity contribution < 1.29 is 33.8 Å².